The lowest BCUT2D eigenvalue weighted by Gasteiger charge is -2.31. The normalized spacial score (nSPS) is 36.7. The zero-order valence-corrected chi connectivity index (χ0v) is 6.02. The summed E-state index contributed by atoms with van der Waals surface area (Å²) in [7, 11) is 0. The number of rotatable bonds is 1. The molecule has 0 spiro atoms. The predicted octanol–water partition coefficient (Wildman–Crippen LogP) is 0.189. The molecule has 1 rings (SSSR count). The zero-order chi connectivity index (χ0) is 6.69. The molecule has 0 aromatic heterocycles. The van der Waals surface area contributed by atoms with Crippen LogP contribution in [-0.4, -0.2) is 13.1 Å². The van der Waals surface area contributed by atoms with Gasteiger partial charge in [-0.2, -0.15) is 0 Å². The summed E-state index contributed by atoms with van der Waals surface area (Å²) in [5.74, 6) is 0.714. The molecule has 0 amide bonds. The van der Waals surface area contributed by atoms with Crippen LogP contribution in [0.15, 0.2) is 0 Å². The fraction of sp³-hybridized carbons (Fsp3) is 1.00. The molecule has 1 fully saturated rings. The third-order valence-electron chi connectivity index (χ3n) is 2.16. The van der Waals surface area contributed by atoms with Gasteiger partial charge in [-0.25, -0.2) is 0 Å². The first-order valence-corrected chi connectivity index (χ1v) is 3.84. The molecule has 54 valence electrons. The highest BCUT2D eigenvalue weighted by Crippen LogP contribution is 2.09. The average Bonchev–Trinajstić information content (AvgIpc) is 1.88. The van der Waals surface area contributed by atoms with Gasteiger partial charge in [0, 0.05) is 5.92 Å². The molecule has 1 N–H and O–H groups in total. The first-order chi connectivity index (χ1) is 4.33. The number of nitrogens with one attached hydrogen (secondary N) is 1. The van der Waals surface area contributed by atoms with E-state index >= 15 is 0 Å². The fourth-order valence-electron chi connectivity index (χ4n) is 1.46. The van der Waals surface area contributed by atoms with Gasteiger partial charge in [-0.05, 0) is 19.3 Å². The standard InChI is InChI=1S/C7H15NO/c1-2-7-4-3-5-8(9)6-7/h7-8H,2-6H2,1H3. The van der Waals surface area contributed by atoms with E-state index in [9.17, 15) is 5.21 Å². The first kappa shape index (κ1) is 7.03. The van der Waals surface area contributed by atoms with E-state index in [-0.39, 0.29) is 0 Å². The molecular formula is C7H15NO. The third-order valence-corrected chi connectivity index (χ3v) is 2.16. The van der Waals surface area contributed by atoms with Crippen LogP contribution in [0.5, 0.6) is 0 Å². The summed E-state index contributed by atoms with van der Waals surface area (Å²) in [5, 5.41) is 11.3. The Hall–Kier alpha value is -0.0800. The van der Waals surface area contributed by atoms with Crippen molar-refractivity contribution < 1.29 is 5.06 Å². The molecule has 2 unspecified atom stereocenters. The lowest BCUT2D eigenvalue weighted by molar-refractivity contribution is -0.857. The van der Waals surface area contributed by atoms with E-state index in [1.807, 2.05) is 0 Å². The maximum Gasteiger partial charge on any atom is 0.0796 e. The zero-order valence-electron chi connectivity index (χ0n) is 6.02. The Morgan fingerprint density at radius 2 is 2.44 bits per heavy atom. The summed E-state index contributed by atoms with van der Waals surface area (Å²) in [6.45, 7) is 3.87. The highest BCUT2D eigenvalue weighted by molar-refractivity contribution is 4.58. The molecule has 2 heteroatoms. The van der Waals surface area contributed by atoms with Gasteiger partial charge in [-0.3, -0.25) is 0 Å². The summed E-state index contributed by atoms with van der Waals surface area (Å²) in [6, 6.07) is 0. The quantitative estimate of drug-likeness (QED) is 0.503. The van der Waals surface area contributed by atoms with Crippen molar-refractivity contribution in [3.05, 3.63) is 5.21 Å². The Bertz CT molecular complexity index is 85.0. The van der Waals surface area contributed by atoms with E-state index < -0.39 is 0 Å². The van der Waals surface area contributed by atoms with Crippen LogP contribution >= 0.6 is 0 Å². The molecule has 1 saturated heterocycles. The van der Waals surface area contributed by atoms with Crippen molar-refractivity contribution in [2.45, 2.75) is 26.2 Å². The van der Waals surface area contributed by atoms with Gasteiger partial charge in [0.2, 0.25) is 0 Å². The second-order valence-corrected chi connectivity index (χ2v) is 2.91. The Kier molecular flexibility index (Phi) is 2.49. The van der Waals surface area contributed by atoms with Crippen LogP contribution in [0, 0.1) is 11.1 Å². The average molecular weight is 129 g/mol. The highest BCUT2D eigenvalue weighted by atomic mass is 16.5. The molecule has 1 heterocycles. The molecule has 9 heavy (non-hydrogen) atoms. The van der Waals surface area contributed by atoms with Crippen molar-refractivity contribution in [1.29, 1.82) is 0 Å². The highest BCUT2D eigenvalue weighted by Gasteiger charge is 2.15. The second-order valence-electron chi connectivity index (χ2n) is 2.91. The van der Waals surface area contributed by atoms with Crippen LogP contribution < -0.4 is 5.06 Å². The minimum absolute atomic E-state index is 0.480. The van der Waals surface area contributed by atoms with E-state index in [4.69, 9.17) is 0 Å². The van der Waals surface area contributed by atoms with Crippen LogP contribution in [0.1, 0.15) is 26.2 Å². The third kappa shape index (κ3) is 1.95. The van der Waals surface area contributed by atoms with Gasteiger partial charge in [0.15, 0.2) is 0 Å². The van der Waals surface area contributed by atoms with Gasteiger partial charge in [-0.1, -0.05) is 6.92 Å². The molecule has 0 aromatic rings. The molecule has 2 nitrogen and oxygen atoms in total. The van der Waals surface area contributed by atoms with Crippen molar-refractivity contribution in [2.75, 3.05) is 13.1 Å². The number of hydrogen-bond acceptors (Lipinski definition) is 1. The number of hydrogen-bond donors (Lipinski definition) is 1. The van der Waals surface area contributed by atoms with Crippen molar-refractivity contribution >= 4 is 0 Å². The Balaban J connectivity index is 2.23. The summed E-state index contributed by atoms with van der Waals surface area (Å²) in [6.07, 6.45) is 3.60. The summed E-state index contributed by atoms with van der Waals surface area (Å²) in [5.41, 5.74) is 0. The summed E-state index contributed by atoms with van der Waals surface area (Å²) >= 11 is 0. The number of quaternary nitrogens is 1. The minimum Gasteiger partial charge on any atom is -0.634 e. The van der Waals surface area contributed by atoms with Crippen LogP contribution in [0.3, 0.4) is 0 Å². The van der Waals surface area contributed by atoms with Crippen molar-refractivity contribution in [2.24, 2.45) is 5.92 Å². The molecule has 1 aliphatic rings. The molecule has 0 bridgehead atoms. The Morgan fingerprint density at radius 1 is 1.67 bits per heavy atom. The Morgan fingerprint density at radius 3 is 2.89 bits per heavy atom. The predicted molar refractivity (Wildman–Crippen MR) is 37.1 cm³/mol. The number of hydroxylamine groups is 2. The van der Waals surface area contributed by atoms with Crippen molar-refractivity contribution in [1.82, 2.24) is 0 Å². The SMILES string of the molecule is CCC1CCC[NH+]([O-])C1. The molecular weight excluding hydrogens is 114 g/mol. The first-order valence-electron chi connectivity index (χ1n) is 3.84. The lowest BCUT2D eigenvalue weighted by Crippen LogP contribution is -3.08. The van der Waals surface area contributed by atoms with Crippen molar-refractivity contribution in [3.8, 4) is 0 Å². The van der Waals surface area contributed by atoms with Crippen LogP contribution in [-0.2, 0) is 0 Å². The van der Waals surface area contributed by atoms with Gasteiger partial charge < -0.3 is 10.3 Å². The molecule has 2 atom stereocenters. The van der Waals surface area contributed by atoms with E-state index in [2.05, 4.69) is 6.92 Å². The van der Waals surface area contributed by atoms with Crippen molar-refractivity contribution in [3.63, 3.8) is 0 Å². The van der Waals surface area contributed by atoms with Gasteiger partial charge >= 0.3 is 0 Å². The smallest absolute Gasteiger partial charge is 0.0796 e. The second kappa shape index (κ2) is 3.18. The van der Waals surface area contributed by atoms with E-state index in [0.717, 1.165) is 19.5 Å². The lowest BCUT2D eigenvalue weighted by atomic mass is 9.97. The summed E-state index contributed by atoms with van der Waals surface area (Å²) in [4.78, 5) is 0. The monoisotopic (exact) mass is 129 g/mol. The number of piperidine rings is 1. The van der Waals surface area contributed by atoms with E-state index in [1.165, 1.54) is 12.8 Å². The topological polar surface area (TPSA) is 27.5 Å². The van der Waals surface area contributed by atoms with E-state index in [0.29, 0.717) is 11.0 Å². The minimum atomic E-state index is 0.480. The van der Waals surface area contributed by atoms with Gasteiger partial charge in [-0.15, -0.1) is 0 Å². The summed E-state index contributed by atoms with van der Waals surface area (Å²) < 4.78 is 0. The van der Waals surface area contributed by atoms with Crippen LogP contribution in [0.4, 0.5) is 0 Å². The molecule has 0 aromatic carbocycles. The van der Waals surface area contributed by atoms with Gasteiger partial charge in [0.25, 0.3) is 0 Å². The van der Waals surface area contributed by atoms with Gasteiger partial charge in [0.05, 0.1) is 13.1 Å². The van der Waals surface area contributed by atoms with Gasteiger partial charge in [0.1, 0.15) is 0 Å². The molecule has 1 aliphatic heterocycles. The largest absolute Gasteiger partial charge is 0.634 e. The molecule has 0 saturated carbocycles. The fourth-order valence-corrected chi connectivity index (χ4v) is 1.46. The van der Waals surface area contributed by atoms with Crippen LogP contribution in [0.2, 0.25) is 0 Å². The molecule has 0 radical (unpaired) electrons. The maximum absolute atomic E-state index is 10.8. The van der Waals surface area contributed by atoms with Crippen LogP contribution in [0.25, 0.3) is 0 Å². The molecule has 0 aliphatic carbocycles. The Labute approximate surface area is 56.4 Å². The van der Waals surface area contributed by atoms with E-state index in [1.54, 1.807) is 0 Å². The maximum atomic E-state index is 10.8.